The molecule has 1 fully saturated rings. The number of hydrogen-bond acceptors (Lipinski definition) is 9. The Balaban J connectivity index is 1.34. The summed E-state index contributed by atoms with van der Waals surface area (Å²) in [6, 6.07) is 9.12. The molecule has 3 aromatic heterocycles. The normalized spacial score (nSPS) is 16.8. The summed E-state index contributed by atoms with van der Waals surface area (Å²) < 4.78 is 44.6. The van der Waals surface area contributed by atoms with E-state index in [1.165, 1.54) is 16.4 Å². The standard InChI is InChI=1S/C21H19ClN4O6S2/c1-2-30-14-7-3-5-12-11-15(31-18(12)14)20-24-25-21(32-20)23-19(27)13-6-4-10-26(13)34(28,29)17-9-8-16(22)33-17/h3,5,7-9,11,13H,2,4,6,10H2,1H3,(H,23,25,27). The van der Waals surface area contributed by atoms with E-state index >= 15 is 0 Å². The van der Waals surface area contributed by atoms with Crippen molar-refractivity contribution >= 4 is 55.9 Å². The molecule has 0 saturated carbocycles. The fourth-order valence-electron chi connectivity index (χ4n) is 3.81. The van der Waals surface area contributed by atoms with Crippen LogP contribution in [0, 0.1) is 0 Å². The Morgan fingerprint density at radius 2 is 2.15 bits per heavy atom. The van der Waals surface area contributed by atoms with Gasteiger partial charge in [0.2, 0.25) is 5.91 Å². The van der Waals surface area contributed by atoms with Gasteiger partial charge in [-0.15, -0.1) is 16.4 Å². The van der Waals surface area contributed by atoms with Crippen LogP contribution in [0.15, 0.2) is 49.4 Å². The molecule has 1 saturated heterocycles. The van der Waals surface area contributed by atoms with Crippen molar-refractivity contribution in [2.24, 2.45) is 0 Å². The van der Waals surface area contributed by atoms with E-state index in [1.807, 2.05) is 19.1 Å². The second-order valence-corrected chi connectivity index (χ2v) is 11.3. The Hall–Kier alpha value is -2.93. The van der Waals surface area contributed by atoms with Crippen LogP contribution in [-0.4, -0.2) is 48.0 Å². The van der Waals surface area contributed by atoms with E-state index in [0.29, 0.717) is 40.9 Å². The third-order valence-corrected chi connectivity index (χ3v) is 8.90. The molecule has 5 rings (SSSR count). The highest BCUT2D eigenvalue weighted by molar-refractivity contribution is 7.91. The molecule has 1 aliphatic heterocycles. The van der Waals surface area contributed by atoms with E-state index < -0.39 is 22.0 Å². The Morgan fingerprint density at radius 1 is 1.29 bits per heavy atom. The fourth-order valence-corrected chi connectivity index (χ4v) is 7.08. The first-order valence-electron chi connectivity index (χ1n) is 10.4. The molecule has 1 amide bonds. The third kappa shape index (κ3) is 4.17. The third-order valence-electron chi connectivity index (χ3n) is 5.29. The average molecular weight is 523 g/mol. The lowest BCUT2D eigenvalue weighted by Gasteiger charge is -2.21. The molecule has 1 atom stereocenters. The minimum atomic E-state index is -3.85. The second-order valence-electron chi connectivity index (χ2n) is 7.45. The lowest BCUT2D eigenvalue weighted by Crippen LogP contribution is -2.42. The molecular weight excluding hydrogens is 504 g/mol. The molecule has 0 aliphatic carbocycles. The van der Waals surface area contributed by atoms with Gasteiger partial charge in [0.25, 0.3) is 15.9 Å². The number of furan rings is 1. The van der Waals surface area contributed by atoms with Gasteiger partial charge < -0.3 is 13.6 Å². The summed E-state index contributed by atoms with van der Waals surface area (Å²) in [7, 11) is -3.85. The number of rotatable bonds is 7. The number of thiophene rings is 1. The van der Waals surface area contributed by atoms with Crippen molar-refractivity contribution in [1.82, 2.24) is 14.5 Å². The number of hydrogen-bond donors (Lipinski definition) is 1. The number of benzene rings is 1. The molecule has 178 valence electrons. The second kappa shape index (κ2) is 9.02. The van der Waals surface area contributed by atoms with Crippen molar-refractivity contribution in [1.29, 1.82) is 0 Å². The van der Waals surface area contributed by atoms with Gasteiger partial charge in [-0.3, -0.25) is 10.1 Å². The summed E-state index contributed by atoms with van der Waals surface area (Å²) >= 11 is 6.85. The average Bonchev–Trinajstić information content (AvgIpc) is 3.59. The van der Waals surface area contributed by atoms with Crippen LogP contribution in [0.1, 0.15) is 19.8 Å². The topological polar surface area (TPSA) is 128 Å². The van der Waals surface area contributed by atoms with Gasteiger partial charge in [0.1, 0.15) is 10.3 Å². The highest BCUT2D eigenvalue weighted by Crippen LogP contribution is 2.34. The van der Waals surface area contributed by atoms with E-state index in [-0.39, 0.29) is 22.7 Å². The van der Waals surface area contributed by atoms with Crippen molar-refractivity contribution in [2.75, 3.05) is 18.5 Å². The zero-order chi connectivity index (χ0) is 23.9. The van der Waals surface area contributed by atoms with Crippen molar-refractivity contribution in [3.8, 4) is 17.4 Å². The van der Waals surface area contributed by atoms with Crippen molar-refractivity contribution < 1.29 is 26.8 Å². The van der Waals surface area contributed by atoms with E-state index in [1.54, 1.807) is 12.1 Å². The predicted molar refractivity (Wildman–Crippen MR) is 126 cm³/mol. The molecule has 0 spiro atoms. The van der Waals surface area contributed by atoms with E-state index in [4.69, 9.17) is 25.2 Å². The van der Waals surface area contributed by atoms with Crippen molar-refractivity contribution in [3.05, 3.63) is 40.7 Å². The number of para-hydroxylation sites is 1. The van der Waals surface area contributed by atoms with Gasteiger partial charge in [-0.25, -0.2) is 8.42 Å². The molecule has 1 aliphatic rings. The number of carbonyl (C=O) groups excluding carboxylic acids is 1. The number of fused-ring (bicyclic) bond motifs is 1. The number of nitrogens with one attached hydrogen (secondary N) is 1. The predicted octanol–water partition coefficient (Wildman–Crippen LogP) is 4.39. The van der Waals surface area contributed by atoms with Gasteiger partial charge in [-0.05, 0) is 44.0 Å². The molecule has 0 bridgehead atoms. The monoisotopic (exact) mass is 522 g/mol. The SMILES string of the molecule is CCOc1cccc2cc(-c3nnc(NC(=O)C4CCCN4S(=O)(=O)c4ccc(Cl)s4)o3)oc12. The van der Waals surface area contributed by atoms with Gasteiger partial charge >= 0.3 is 6.01 Å². The molecule has 4 heterocycles. The number of ether oxygens (including phenoxy) is 1. The maximum atomic E-state index is 13.0. The molecule has 34 heavy (non-hydrogen) atoms. The number of anilines is 1. The fraction of sp³-hybridized carbons (Fsp3) is 0.286. The zero-order valence-corrected chi connectivity index (χ0v) is 20.2. The molecular formula is C21H19ClN4O6S2. The van der Waals surface area contributed by atoms with Crippen molar-refractivity contribution in [3.63, 3.8) is 0 Å². The first-order chi connectivity index (χ1) is 16.4. The maximum Gasteiger partial charge on any atom is 0.322 e. The van der Waals surface area contributed by atoms with Crippen LogP contribution < -0.4 is 10.1 Å². The van der Waals surface area contributed by atoms with Gasteiger partial charge in [-0.1, -0.05) is 28.8 Å². The van der Waals surface area contributed by atoms with Crippen LogP contribution >= 0.6 is 22.9 Å². The van der Waals surface area contributed by atoms with Gasteiger partial charge in [0.15, 0.2) is 17.1 Å². The maximum absolute atomic E-state index is 13.0. The van der Waals surface area contributed by atoms with E-state index in [0.717, 1.165) is 16.7 Å². The lowest BCUT2D eigenvalue weighted by atomic mass is 10.2. The Morgan fingerprint density at radius 3 is 2.91 bits per heavy atom. The molecule has 4 aromatic rings. The number of nitrogens with zero attached hydrogens (tertiary/aromatic N) is 3. The summed E-state index contributed by atoms with van der Waals surface area (Å²) in [6.07, 6.45) is 0.918. The summed E-state index contributed by atoms with van der Waals surface area (Å²) in [5.74, 6) is 0.420. The summed E-state index contributed by atoms with van der Waals surface area (Å²) in [6.45, 7) is 2.59. The minimum absolute atomic E-state index is 0.0677. The van der Waals surface area contributed by atoms with E-state index in [9.17, 15) is 13.2 Å². The summed E-state index contributed by atoms with van der Waals surface area (Å²) in [5.41, 5.74) is 0.545. The van der Waals surface area contributed by atoms with Gasteiger partial charge in [0, 0.05) is 11.9 Å². The molecule has 1 N–H and O–H groups in total. The molecule has 1 unspecified atom stereocenters. The number of carbonyl (C=O) groups is 1. The number of sulfonamides is 1. The summed E-state index contributed by atoms with van der Waals surface area (Å²) in [4.78, 5) is 12.9. The number of halogens is 1. The first-order valence-corrected chi connectivity index (χ1v) is 13.1. The first kappa shape index (κ1) is 22.8. The zero-order valence-electron chi connectivity index (χ0n) is 17.9. The molecule has 0 radical (unpaired) electrons. The quantitative estimate of drug-likeness (QED) is 0.378. The molecule has 13 heteroatoms. The number of aromatic nitrogens is 2. The summed E-state index contributed by atoms with van der Waals surface area (Å²) in [5, 5.41) is 11.1. The highest BCUT2D eigenvalue weighted by atomic mass is 35.5. The Labute approximate surface area is 203 Å². The van der Waals surface area contributed by atoms with Crippen LogP contribution in [0.25, 0.3) is 22.6 Å². The van der Waals surface area contributed by atoms with Gasteiger partial charge in [0.05, 0.1) is 10.9 Å². The lowest BCUT2D eigenvalue weighted by molar-refractivity contribution is -0.119. The largest absolute Gasteiger partial charge is 0.490 e. The Kier molecular flexibility index (Phi) is 6.06. The van der Waals surface area contributed by atoms with Crippen LogP contribution in [0.2, 0.25) is 4.34 Å². The van der Waals surface area contributed by atoms with Crippen LogP contribution in [0.5, 0.6) is 5.75 Å². The van der Waals surface area contributed by atoms with Gasteiger partial charge in [-0.2, -0.15) is 4.31 Å². The smallest absolute Gasteiger partial charge is 0.322 e. The van der Waals surface area contributed by atoms with Crippen molar-refractivity contribution in [2.45, 2.75) is 30.0 Å². The minimum Gasteiger partial charge on any atom is -0.490 e. The van der Waals surface area contributed by atoms with Crippen LogP contribution in [-0.2, 0) is 14.8 Å². The van der Waals surface area contributed by atoms with Crippen LogP contribution in [0.3, 0.4) is 0 Å². The Bertz CT molecular complexity index is 1460. The van der Waals surface area contributed by atoms with Crippen LogP contribution in [0.4, 0.5) is 6.01 Å². The molecule has 10 nitrogen and oxygen atoms in total. The molecule has 1 aromatic carbocycles. The highest BCUT2D eigenvalue weighted by Gasteiger charge is 2.40. The number of amides is 1. The van der Waals surface area contributed by atoms with E-state index in [2.05, 4.69) is 15.5 Å².